The zero-order valence-electron chi connectivity index (χ0n) is 11.9. The summed E-state index contributed by atoms with van der Waals surface area (Å²) in [6.45, 7) is 7.65. The summed E-state index contributed by atoms with van der Waals surface area (Å²) in [5, 5.41) is 3.63. The average molecular weight is 260 g/mol. The first-order valence-electron chi connectivity index (χ1n) is 7.47. The number of anilines is 1. The van der Waals surface area contributed by atoms with Crippen molar-refractivity contribution in [2.45, 2.75) is 38.8 Å². The van der Waals surface area contributed by atoms with Gasteiger partial charge in [-0.3, -0.25) is 0 Å². The van der Waals surface area contributed by atoms with Crippen molar-refractivity contribution in [2.24, 2.45) is 5.92 Å². The summed E-state index contributed by atoms with van der Waals surface area (Å²) in [6.07, 6.45) is 2.92. The molecule has 0 saturated carbocycles. The van der Waals surface area contributed by atoms with Crippen molar-refractivity contribution in [3.8, 4) is 5.75 Å². The molecule has 19 heavy (non-hydrogen) atoms. The van der Waals surface area contributed by atoms with E-state index in [2.05, 4.69) is 48.3 Å². The Hall–Kier alpha value is -1.22. The van der Waals surface area contributed by atoms with Gasteiger partial charge in [0.1, 0.15) is 5.75 Å². The fourth-order valence-electron chi connectivity index (χ4n) is 3.27. The van der Waals surface area contributed by atoms with E-state index in [0.29, 0.717) is 6.04 Å². The Bertz CT molecular complexity index is 415. The SMILES string of the molecule is CC(C)Oc1ccc(N2CCC3CCNC3C2)cc1. The van der Waals surface area contributed by atoms with Gasteiger partial charge in [-0.1, -0.05) is 0 Å². The summed E-state index contributed by atoms with van der Waals surface area (Å²) in [4.78, 5) is 2.50. The molecule has 2 saturated heterocycles. The molecule has 0 spiro atoms. The number of rotatable bonds is 3. The molecule has 1 aromatic carbocycles. The summed E-state index contributed by atoms with van der Waals surface area (Å²) < 4.78 is 5.69. The zero-order valence-corrected chi connectivity index (χ0v) is 11.9. The first-order valence-corrected chi connectivity index (χ1v) is 7.47. The van der Waals surface area contributed by atoms with Crippen molar-refractivity contribution >= 4 is 5.69 Å². The highest BCUT2D eigenvalue weighted by atomic mass is 16.5. The molecule has 3 rings (SSSR count). The molecule has 3 heteroatoms. The van der Waals surface area contributed by atoms with Gasteiger partial charge in [0, 0.05) is 24.8 Å². The Morgan fingerprint density at radius 1 is 1.21 bits per heavy atom. The number of piperidine rings is 1. The van der Waals surface area contributed by atoms with Gasteiger partial charge in [0.15, 0.2) is 0 Å². The molecule has 3 nitrogen and oxygen atoms in total. The average Bonchev–Trinajstić information content (AvgIpc) is 2.86. The third-order valence-corrected chi connectivity index (χ3v) is 4.25. The molecular weight excluding hydrogens is 236 g/mol. The second kappa shape index (κ2) is 5.41. The molecule has 2 atom stereocenters. The first kappa shape index (κ1) is 12.8. The van der Waals surface area contributed by atoms with E-state index in [1.807, 2.05) is 0 Å². The van der Waals surface area contributed by atoms with Gasteiger partial charge in [0.25, 0.3) is 0 Å². The maximum atomic E-state index is 5.69. The molecule has 0 radical (unpaired) electrons. The lowest BCUT2D eigenvalue weighted by molar-refractivity contribution is 0.242. The van der Waals surface area contributed by atoms with Crippen LogP contribution in [0.2, 0.25) is 0 Å². The molecule has 2 fully saturated rings. The van der Waals surface area contributed by atoms with Crippen LogP contribution in [0.25, 0.3) is 0 Å². The Balaban J connectivity index is 1.65. The van der Waals surface area contributed by atoms with Crippen LogP contribution < -0.4 is 15.0 Å². The van der Waals surface area contributed by atoms with Crippen LogP contribution in [0.5, 0.6) is 5.75 Å². The normalized spacial score (nSPS) is 26.6. The number of hydrogen-bond donors (Lipinski definition) is 1. The number of hydrogen-bond acceptors (Lipinski definition) is 3. The van der Waals surface area contributed by atoms with E-state index in [-0.39, 0.29) is 6.10 Å². The summed E-state index contributed by atoms with van der Waals surface area (Å²) >= 11 is 0. The number of ether oxygens (including phenoxy) is 1. The van der Waals surface area contributed by atoms with Crippen LogP contribution in [0.15, 0.2) is 24.3 Å². The minimum absolute atomic E-state index is 0.240. The van der Waals surface area contributed by atoms with Crippen LogP contribution in [0, 0.1) is 5.92 Å². The van der Waals surface area contributed by atoms with E-state index in [0.717, 1.165) is 18.2 Å². The Labute approximate surface area is 115 Å². The fourth-order valence-corrected chi connectivity index (χ4v) is 3.27. The first-order chi connectivity index (χ1) is 9.22. The van der Waals surface area contributed by atoms with E-state index in [4.69, 9.17) is 4.74 Å². The van der Waals surface area contributed by atoms with Crippen molar-refractivity contribution in [2.75, 3.05) is 24.5 Å². The Morgan fingerprint density at radius 2 is 2.00 bits per heavy atom. The fraction of sp³-hybridized carbons (Fsp3) is 0.625. The smallest absolute Gasteiger partial charge is 0.119 e. The van der Waals surface area contributed by atoms with E-state index in [1.54, 1.807) is 0 Å². The van der Waals surface area contributed by atoms with Gasteiger partial charge < -0.3 is 15.0 Å². The number of benzene rings is 1. The highest BCUT2D eigenvalue weighted by Crippen LogP contribution is 2.29. The maximum Gasteiger partial charge on any atom is 0.119 e. The van der Waals surface area contributed by atoms with E-state index in [1.165, 1.54) is 31.6 Å². The molecule has 2 heterocycles. The van der Waals surface area contributed by atoms with Crippen molar-refractivity contribution in [1.82, 2.24) is 5.32 Å². The van der Waals surface area contributed by atoms with Crippen molar-refractivity contribution < 1.29 is 4.74 Å². The maximum absolute atomic E-state index is 5.69. The van der Waals surface area contributed by atoms with Crippen LogP contribution >= 0.6 is 0 Å². The summed E-state index contributed by atoms with van der Waals surface area (Å²) in [5.41, 5.74) is 1.32. The van der Waals surface area contributed by atoms with Crippen LogP contribution in [-0.2, 0) is 0 Å². The summed E-state index contributed by atoms with van der Waals surface area (Å²) in [7, 11) is 0. The molecule has 104 valence electrons. The van der Waals surface area contributed by atoms with Gasteiger partial charge in [-0.2, -0.15) is 0 Å². The van der Waals surface area contributed by atoms with Crippen LogP contribution in [0.3, 0.4) is 0 Å². The largest absolute Gasteiger partial charge is 0.491 e. The molecule has 2 unspecified atom stereocenters. The molecule has 0 aromatic heterocycles. The summed E-state index contributed by atoms with van der Waals surface area (Å²) in [6, 6.07) is 9.24. The van der Waals surface area contributed by atoms with Gasteiger partial charge in [-0.05, 0) is 63.4 Å². The molecule has 1 aromatic rings. The van der Waals surface area contributed by atoms with Gasteiger partial charge in [0.05, 0.1) is 6.10 Å². The number of nitrogens with one attached hydrogen (secondary N) is 1. The second-order valence-corrected chi connectivity index (χ2v) is 6.00. The van der Waals surface area contributed by atoms with Crippen molar-refractivity contribution in [1.29, 1.82) is 0 Å². The van der Waals surface area contributed by atoms with Crippen LogP contribution in [0.4, 0.5) is 5.69 Å². The molecule has 0 aliphatic carbocycles. The molecule has 1 N–H and O–H groups in total. The lowest BCUT2D eigenvalue weighted by Gasteiger charge is -2.36. The quantitative estimate of drug-likeness (QED) is 0.904. The second-order valence-electron chi connectivity index (χ2n) is 6.00. The highest BCUT2D eigenvalue weighted by molar-refractivity contribution is 5.49. The third-order valence-electron chi connectivity index (χ3n) is 4.25. The van der Waals surface area contributed by atoms with Crippen LogP contribution in [0.1, 0.15) is 26.7 Å². The minimum atomic E-state index is 0.240. The number of fused-ring (bicyclic) bond motifs is 1. The predicted molar refractivity (Wildman–Crippen MR) is 78.9 cm³/mol. The van der Waals surface area contributed by atoms with Gasteiger partial charge in [-0.25, -0.2) is 0 Å². The lowest BCUT2D eigenvalue weighted by Crippen LogP contribution is -2.46. The highest BCUT2D eigenvalue weighted by Gasteiger charge is 2.32. The van der Waals surface area contributed by atoms with E-state index >= 15 is 0 Å². The lowest BCUT2D eigenvalue weighted by atomic mass is 9.92. The number of nitrogens with zero attached hydrogens (tertiary/aromatic N) is 1. The monoisotopic (exact) mass is 260 g/mol. The van der Waals surface area contributed by atoms with Gasteiger partial charge in [0.2, 0.25) is 0 Å². The summed E-state index contributed by atoms with van der Waals surface area (Å²) in [5.74, 6) is 1.87. The molecule has 2 aliphatic heterocycles. The van der Waals surface area contributed by atoms with Crippen molar-refractivity contribution in [3.63, 3.8) is 0 Å². The van der Waals surface area contributed by atoms with E-state index < -0.39 is 0 Å². The third kappa shape index (κ3) is 2.86. The minimum Gasteiger partial charge on any atom is -0.491 e. The molecule has 2 aliphatic rings. The molecular formula is C16H24N2O. The topological polar surface area (TPSA) is 24.5 Å². The van der Waals surface area contributed by atoms with E-state index in [9.17, 15) is 0 Å². The predicted octanol–water partition coefficient (Wildman–Crippen LogP) is 2.66. The molecule has 0 amide bonds. The Morgan fingerprint density at radius 3 is 2.74 bits per heavy atom. The zero-order chi connectivity index (χ0) is 13.2. The van der Waals surface area contributed by atoms with Gasteiger partial charge in [-0.15, -0.1) is 0 Å². The standard InChI is InChI=1S/C16H24N2O/c1-12(2)19-15-5-3-14(4-6-15)18-10-8-13-7-9-17-16(13)11-18/h3-6,12-13,16-17H,7-11H2,1-2H3. The van der Waals surface area contributed by atoms with Crippen LogP contribution in [-0.4, -0.2) is 31.8 Å². The van der Waals surface area contributed by atoms with Crippen molar-refractivity contribution in [3.05, 3.63) is 24.3 Å². The Kier molecular flexibility index (Phi) is 3.65. The van der Waals surface area contributed by atoms with Gasteiger partial charge >= 0.3 is 0 Å². The molecule has 0 bridgehead atoms.